The highest BCUT2D eigenvalue weighted by atomic mass is 35.5. The Balaban J connectivity index is 2.39. The molecule has 0 bridgehead atoms. The minimum atomic E-state index is -0.630. The molecular formula is C14H15ClO2S. The molecule has 1 heterocycles. The topological polar surface area (TPSA) is 29.5 Å². The van der Waals surface area contributed by atoms with Crippen LogP contribution >= 0.6 is 22.9 Å². The van der Waals surface area contributed by atoms with Gasteiger partial charge in [-0.3, -0.25) is 0 Å². The lowest BCUT2D eigenvalue weighted by molar-refractivity contribution is 0.223. The highest BCUT2D eigenvalue weighted by Crippen LogP contribution is 2.34. The zero-order chi connectivity index (χ0) is 13.3. The Morgan fingerprint density at radius 3 is 2.56 bits per heavy atom. The maximum Gasteiger partial charge on any atom is 0.129 e. The molecule has 0 saturated carbocycles. The van der Waals surface area contributed by atoms with Crippen LogP contribution in [0.5, 0.6) is 5.75 Å². The Kier molecular flexibility index (Phi) is 3.95. The van der Waals surface area contributed by atoms with Crippen LogP contribution in [0.1, 0.15) is 27.7 Å². The summed E-state index contributed by atoms with van der Waals surface area (Å²) >= 11 is 7.55. The quantitative estimate of drug-likeness (QED) is 0.918. The first-order chi connectivity index (χ1) is 8.52. The average molecular weight is 283 g/mol. The lowest BCUT2D eigenvalue weighted by Gasteiger charge is -2.14. The third-order valence-corrected chi connectivity index (χ3v) is 4.31. The molecule has 96 valence electrons. The Morgan fingerprint density at radius 2 is 1.94 bits per heavy atom. The number of methoxy groups -OCH3 is 1. The number of ether oxygens (including phenoxy) is 1. The number of halogens is 1. The molecule has 0 aliphatic heterocycles. The molecule has 0 aliphatic rings. The zero-order valence-electron chi connectivity index (χ0n) is 10.5. The van der Waals surface area contributed by atoms with Crippen LogP contribution < -0.4 is 4.74 Å². The van der Waals surface area contributed by atoms with Gasteiger partial charge in [0.25, 0.3) is 0 Å². The average Bonchev–Trinajstić information content (AvgIpc) is 2.81. The molecule has 0 fully saturated rings. The Morgan fingerprint density at radius 1 is 1.22 bits per heavy atom. The van der Waals surface area contributed by atoms with Crippen molar-refractivity contribution in [2.24, 2.45) is 0 Å². The first kappa shape index (κ1) is 13.4. The maximum atomic E-state index is 10.4. The van der Waals surface area contributed by atoms with Crippen molar-refractivity contribution in [3.63, 3.8) is 0 Å². The van der Waals surface area contributed by atoms with Crippen LogP contribution in [0.15, 0.2) is 23.6 Å². The SMILES string of the molecule is COc1csc(C(O)c2cc(C)c(Cl)cc2C)c1. The Hall–Kier alpha value is -1.03. The van der Waals surface area contributed by atoms with Gasteiger partial charge in [0.15, 0.2) is 0 Å². The van der Waals surface area contributed by atoms with Crippen molar-refractivity contribution in [2.75, 3.05) is 7.11 Å². The van der Waals surface area contributed by atoms with Gasteiger partial charge in [-0.25, -0.2) is 0 Å². The van der Waals surface area contributed by atoms with E-state index in [1.165, 1.54) is 11.3 Å². The van der Waals surface area contributed by atoms with Gasteiger partial charge in [-0.1, -0.05) is 17.7 Å². The standard InChI is InChI=1S/C14H15ClO2S/c1-8-5-12(15)9(2)4-11(8)14(16)13-6-10(17-3)7-18-13/h4-7,14,16H,1-3H3. The predicted octanol–water partition coefficient (Wildman–Crippen LogP) is 4.11. The van der Waals surface area contributed by atoms with E-state index in [4.69, 9.17) is 16.3 Å². The van der Waals surface area contributed by atoms with E-state index >= 15 is 0 Å². The molecule has 1 N–H and O–H groups in total. The van der Waals surface area contributed by atoms with Crippen LogP contribution in [0.2, 0.25) is 5.02 Å². The second-order valence-corrected chi connectivity index (χ2v) is 5.60. The molecule has 2 nitrogen and oxygen atoms in total. The van der Waals surface area contributed by atoms with Crippen LogP contribution in [0.4, 0.5) is 0 Å². The number of aryl methyl sites for hydroxylation is 2. The van der Waals surface area contributed by atoms with Crippen molar-refractivity contribution in [1.82, 2.24) is 0 Å². The third-order valence-electron chi connectivity index (χ3n) is 2.94. The van der Waals surface area contributed by atoms with Gasteiger partial charge in [0, 0.05) is 15.3 Å². The summed E-state index contributed by atoms with van der Waals surface area (Å²) in [6.07, 6.45) is -0.630. The summed E-state index contributed by atoms with van der Waals surface area (Å²) in [7, 11) is 1.62. The number of aliphatic hydroxyl groups excluding tert-OH is 1. The predicted molar refractivity (Wildman–Crippen MR) is 75.9 cm³/mol. The minimum absolute atomic E-state index is 0.630. The highest BCUT2D eigenvalue weighted by molar-refractivity contribution is 7.10. The molecule has 4 heteroatoms. The second-order valence-electron chi connectivity index (χ2n) is 4.25. The molecule has 1 unspecified atom stereocenters. The monoisotopic (exact) mass is 282 g/mol. The fraction of sp³-hybridized carbons (Fsp3) is 0.286. The van der Waals surface area contributed by atoms with Crippen LogP contribution in [0.25, 0.3) is 0 Å². The molecule has 2 rings (SSSR count). The molecular weight excluding hydrogens is 268 g/mol. The van der Waals surface area contributed by atoms with Crippen molar-refractivity contribution < 1.29 is 9.84 Å². The van der Waals surface area contributed by atoms with Gasteiger partial charge < -0.3 is 9.84 Å². The first-order valence-electron chi connectivity index (χ1n) is 5.60. The van der Waals surface area contributed by atoms with E-state index in [2.05, 4.69) is 0 Å². The van der Waals surface area contributed by atoms with Crippen molar-refractivity contribution in [3.05, 3.63) is 50.2 Å². The lowest BCUT2D eigenvalue weighted by Crippen LogP contribution is -2.01. The van der Waals surface area contributed by atoms with E-state index in [0.29, 0.717) is 0 Å². The summed E-state index contributed by atoms with van der Waals surface area (Å²) in [6, 6.07) is 5.69. The molecule has 1 aromatic carbocycles. The van der Waals surface area contributed by atoms with Crippen molar-refractivity contribution in [1.29, 1.82) is 0 Å². The van der Waals surface area contributed by atoms with Gasteiger partial charge in [0.1, 0.15) is 11.9 Å². The van der Waals surface area contributed by atoms with E-state index in [-0.39, 0.29) is 0 Å². The van der Waals surface area contributed by atoms with Gasteiger partial charge in [0.2, 0.25) is 0 Å². The van der Waals surface area contributed by atoms with Crippen molar-refractivity contribution >= 4 is 22.9 Å². The second kappa shape index (κ2) is 5.31. The highest BCUT2D eigenvalue weighted by Gasteiger charge is 2.16. The largest absolute Gasteiger partial charge is 0.496 e. The molecule has 0 spiro atoms. The summed E-state index contributed by atoms with van der Waals surface area (Å²) in [6.45, 7) is 3.89. The van der Waals surface area contributed by atoms with Gasteiger partial charge in [-0.05, 0) is 42.7 Å². The lowest BCUT2D eigenvalue weighted by atomic mass is 10.00. The molecule has 2 aromatic rings. The third kappa shape index (κ3) is 2.53. The summed E-state index contributed by atoms with van der Waals surface area (Å²) in [4.78, 5) is 0.872. The van der Waals surface area contributed by atoms with Gasteiger partial charge in [-0.15, -0.1) is 11.3 Å². The molecule has 0 saturated heterocycles. The van der Waals surface area contributed by atoms with Gasteiger partial charge in [-0.2, -0.15) is 0 Å². The fourth-order valence-corrected chi connectivity index (χ4v) is 2.91. The van der Waals surface area contributed by atoms with E-state index in [1.54, 1.807) is 7.11 Å². The Labute approximate surface area is 116 Å². The van der Waals surface area contributed by atoms with Crippen LogP contribution in [0.3, 0.4) is 0 Å². The summed E-state index contributed by atoms with van der Waals surface area (Å²) in [5.41, 5.74) is 2.85. The van der Waals surface area contributed by atoms with Crippen LogP contribution in [-0.2, 0) is 0 Å². The number of thiophene rings is 1. The number of benzene rings is 1. The Bertz CT molecular complexity index is 563. The smallest absolute Gasteiger partial charge is 0.129 e. The van der Waals surface area contributed by atoms with Crippen molar-refractivity contribution in [3.8, 4) is 5.75 Å². The zero-order valence-corrected chi connectivity index (χ0v) is 12.1. The van der Waals surface area contributed by atoms with E-state index < -0.39 is 6.10 Å². The maximum absolute atomic E-state index is 10.4. The van der Waals surface area contributed by atoms with Gasteiger partial charge in [0.05, 0.1) is 7.11 Å². The number of aliphatic hydroxyl groups is 1. The first-order valence-corrected chi connectivity index (χ1v) is 6.86. The molecule has 18 heavy (non-hydrogen) atoms. The van der Waals surface area contributed by atoms with E-state index in [9.17, 15) is 5.11 Å². The van der Waals surface area contributed by atoms with Gasteiger partial charge >= 0.3 is 0 Å². The normalized spacial score (nSPS) is 12.5. The summed E-state index contributed by atoms with van der Waals surface area (Å²) in [5.74, 6) is 0.775. The fourth-order valence-electron chi connectivity index (χ4n) is 1.84. The molecule has 1 aromatic heterocycles. The number of hydrogen-bond donors (Lipinski definition) is 1. The van der Waals surface area contributed by atoms with Crippen LogP contribution in [0, 0.1) is 13.8 Å². The molecule has 1 atom stereocenters. The number of hydrogen-bond acceptors (Lipinski definition) is 3. The summed E-state index contributed by atoms with van der Waals surface area (Å²) < 4.78 is 5.13. The molecule has 0 radical (unpaired) electrons. The van der Waals surface area contributed by atoms with E-state index in [0.717, 1.165) is 32.3 Å². The number of rotatable bonds is 3. The molecule has 0 amide bonds. The minimum Gasteiger partial charge on any atom is -0.496 e. The van der Waals surface area contributed by atoms with Crippen molar-refractivity contribution in [2.45, 2.75) is 20.0 Å². The molecule has 0 aliphatic carbocycles. The van der Waals surface area contributed by atoms with E-state index in [1.807, 2.05) is 37.4 Å². The van der Waals surface area contributed by atoms with Crippen LogP contribution in [-0.4, -0.2) is 12.2 Å². The summed E-state index contributed by atoms with van der Waals surface area (Å²) in [5, 5.41) is 13.0.